The second-order valence-electron chi connectivity index (χ2n) is 6.45. The Bertz CT molecular complexity index is 1250. The fourth-order valence-electron chi connectivity index (χ4n) is 2.74. The highest BCUT2D eigenvalue weighted by molar-refractivity contribution is 7.99. The monoisotopic (exact) mass is 489 g/mol. The third-order valence-corrected chi connectivity index (χ3v) is 6.89. The second-order valence-corrected chi connectivity index (χ2v) is 9.85. The van der Waals surface area contributed by atoms with Crippen LogP contribution < -0.4 is 15.6 Å². The van der Waals surface area contributed by atoms with Gasteiger partial charge in [-0.05, 0) is 48.2 Å². The van der Waals surface area contributed by atoms with Gasteiger partial charge in [0.25, 0.3) is 21.8 Å². The van der Waals surface area contributed by atoms with Gasteiger partial charge in [0, 0.05) is 10.5 Å². The predicted octanol–water partition coefficient (Wildman–Crippen LogP) is 4.33. The van der Waals surface area contributed by atoms with Gasteiger partial charge in [-0.2, -0.15) is 0 Å². The van der Waals surface area contributed by atoms with Crippen LogP contribution in [0.2, 0.25) is 5.02 Å². The highest BCUT2D eigenvalue weighted by Crippen LogP contribution is 2.24. The molecule has 0 atom stereocenters. The number of sulfonamides is 1. The Morgan fingerprint density at radius 2 is 1.59 bits per heavy atom. The quantitative estimate of drug-likeness (QED) is 0.338. The zero-order valence-corrected chi connectivity index (χ0v) is 19.4. The number of thioether (sulfide) groups is 1. The lowest BCUT2D eigenvalue weighted by Crippen LogP contribution is -2.41. The van der Waals surface area contributed by atoms with Gasteiger partial charge in [-0.25, -0.2) is 8.42 Å². The smallest absolute Gasteiger partial charge is 0.270 e. The molecular formula is C22H20ClN3O4S2. The molecule has 0 aliphatic rings. The minimum Gasteiger partial charge on any atom is -0.278 e. The normalized spacial score (nSPS) is 10.9. The van der Waals surface area contributed by atoms with Crippen molar-refractivity contribution in [3.63, 3.8) is 0 Å². The Morgan fingerprint density at radius 3 is 2.34 bits per heavy atom. The molecule has 0 unspecified atom stereocenters. The summed E-state index contributed by atoms with van der Waals surface area (Å²) in [7, 11) is -3.98. The molecule has 0 aromatic heterocycles. The SMILES string of the molecule is CCSc1ccccc1C(=O)NNC(=O)c1cccc(S(=O)(=O)Nc2ccccc2Cl)c1. The first-order valence-electron chi connectivity index (χ1n) is 9.51. The average molecular weight is 490 g/mol. The number of carbonyl (C=O) groups is 2. The highest BCUT2D eigenvalue weighted by atomic mass is 35.5. The number of hydrogen-bond donors (Lipinski definition) is 3. The third-order valence-electron chi connectivity index (χ3n) is 4.25. The summed E-state index contributed by atoms with van der Waals surface area (Å²) in [6.07, 6.45) is 0. The molecule has 3 rings (SSSR count). The van der Waals surface area contributed by atoms with Crippen molar-refractivity contribution < 1.29 is 18.0 Å². The van der Waals surface area contributed by atoms with E-state index >= 15 is 0 Å². The number of hydrogen-bond acceptors (Lipinski definition) is 5. The number of para-hydroxylation sites is 1. The zero-order valence-electron chi connectivity index (χ0n) is 17.0. The van der Waals surface area contributed by atoms with E-state index in [2.05, 4.69) is 15.6 Å². The topological polar surface area (TPSA) is 104 Å². The van der Waals surface area contributed by atoms with Crippen molar-refractivity contribution in [2.24, 2.45) is 0 Å². The second kappa shape index (κ2) is 10.5. The van der Waals surface area contributed by atoms with Crippen molar-refractivity contribution in [1.29, 1.82) is 0 Å². The van der Waals surface area contributed by atoms with E-state index in [9.17, 15) is 18.0 Å². The molecule has 0 bridgehead atoms. The summed E-state index contributed by atoms with van der Waals surface area (Å²) in [6.45, 7) is 1.97. The molecule has 0 saturated carbocycles. The predicted molar refractivity (Wildman–Crippen MR) is 126 cm³/mol. The summed E-state index contributed by atoms with van der Waals surface area (Å²) < 4.78 is 27.8. The van der Waals surface area contributed by atoms with E-state index in [1.165, 1.54) is 42.1 Å². The Kier molecular flexibility index (Phi) is 7.79. The van der Waals surface area contributed by atoms with E-state index in [1.54, 1.807) is 30.3 Å². The molecule has 10 heteroatoms. The maximum absolute atomic E-state index is 12.7. The Morgan fingerprint density at radius 1 is 0.906 bits per heavy atom. The van der Waals surface area contributed by atoms with Crippen molar-refractivity contribution >= 4 is 50.9 Å². The lowest BCUT2D eigenvalue weighted by molar-refractivity contribution is 0.0845. The van der Waals surface area contributed by atoms with Crippen LogP contribution in [0.4, 0.5) is 5.69 Å². The van der Waals surface area contributed by atoms with Gasteiger partial charge in [-0.3, -0.25) is 25.2 Å². The van der Waals surface area contributed by atoms with Gasteiger partial charge >= 0.3 is 0 Å². The number of benzene rings is 3. The Balaban J connectivity index is 1.72. The first-order valence-corrected chi connectivity index (χ1v) is 12.4. The fourth-order valence-corrected chi connectivity index (χ4v) is 4.91. The van der Waals surface area contributed by atoms with Crippen LogP contribution in [-0.2, 0) is 10.0 Å². The number of anilines is 1. The number of carbonyl (C=O) groups excluding carboxylic acids is 2. The average Bonchev–Trinajstić information content (AvgIpc) is 2.79. The Labute approximate surface area is 195 Å². The summed E-state index contributed by atoms with van der Waals surface area (Å²) in [5, 5.41) is 0.245. The van der Waals surface area contributed by atoms with Gasteiger partial charge in [0.05, 0.1) is 21.2 Å². The number of nitrogens with one attached hydrogen (secondary N) is 3. The van der Waals surface area contributed by atoms with E-state index in [1.807, 2.05) is 19.1 Å². The molecule has 0 aliphatic heterocycles. The first kappa shape index (κ1) is 23.6. The van der Waals surface area contributed by atoms with Crippen LogP contribution in [0.3, 0.4) is 0 Å². The van der Waals surface area contributed by atoms with Crippen LogP contribution in [0.15, 0.2) is 82.6 Å². The molecule has 2 amide bonds. The van der Waals surface area contributed by atoms with Crippen LogP contribution in [0.1, 0.15) is 27.6 Å². The Hall–Kier alpha value is -3.01. The molecule has 0 radical (unpaired) electrons. The highest BCUT2D eigenvalue weighted by Gasteiger charge is 2.18. The first-order chi connectivity index (χ1) is 15.3. The van der Waals surface area contributed by atoms with Gasteiger partial charge in [0.2, 0.25) is 0 Å². The maximum atomic E-state index is 12.7. The summed E-state index contributed by atoms with van der Waals surface area (Å²) >= 11 is 7.53. The van der Waals surface area contributed by atoms with E-state index in [-0.39, 0.29) is 21.2 Å². The summed E-state index contributed by atoms with van der Waals surface area (Å²) in [6, 6.07) is 18.9. The lowest BCUT2D eigenvalue weighted by atomic mass is 10.2. The van der Waals surface area contributed by atoms with E-state index in [0.29, 0.717) is 5.56 Å². The van der Waals surface area contributed by atoms with E-state index in [0.717, 1.165) is 10.6 Å². The molecule has 166 valence electrons. The van der Waals surface area contributed by atoms with Gasteiger partial charge in [-0.1, -0.05) is 48.9 Å². The largest absolute Gasteiger partial charge is 0.278 e. The molecule has 3 aromatic carbocycles. The van der Waals surface area contributed by atoms with Gasteiger partial charge in [0.15, 0.2) is 0 Å². The van der Waals surface area contributed by atoms with Crippen molar-refractivity contribution in [2.75, 3.05) is 10.5 Å². The summed E-state index contributed by atoms with van der Waals surface area (Å²) in [4.78, 5) is 25.7. The van der Waals surface area contributed by atoms with Crippen LogP contribution in [0, 0.1) is 0 Å². The van der Waals surface area contributed by atoms with Crippen LogP contribution >= 0.6 is 23.4 Å². The molecule has 0 saturated heterocycles. The van der Waals surface area contributed by atoms with Crippen LogP contribution in [0.5, 0.6) is 0 Å². The molecule has 7 nitrogen and oxygen atoms in total. The summed E-state index contributed by atoms with van der Waals surface area (Å²) in [5.74, 6) is -0.340. The molecule has 3 N–H and O–H groups in total. The molecule has 0 spiro atoms. The van der Waals surface area contributed by atoms with Crippen molar-refractivity contribution in [1.82, 2.24) is 10.9 Å². The lowest BCUT2D eigenvalue weighted by Gasteiger charge is -2.12. The molecular weight excluding hydrogens is 470 g/mol. The fraction of sp³-hybridized carbons (Fsp3) is 0.0909. The minimum atomic E-state index is -3.98. The molecule has 0 fully saturated rings. The zero-order chi connectivity index (χ0) is 23.1. The number of amides is 2. The van der Waals surface area contributed by atoms with Crippen molar-refractivity contribution in [2.45, 2.75) is 16.7 Å². The third kappa shape index (κ3) is 5.82. The number of halogens is 1. The maximum Gasteiger partial charge on any atom is 0.270 e. The molecule has 32 heavy (non-hydrogen) atoms. The number of hydrazine groups is 1. The van der Waals surface area contributed by atoms with E-state index < -0.39 is 21.8 Å². The minimum absolute atomic E-state index is 0.0588. The van der Waals surface area contributed by atoms with Crippen molar-refractivity contribution in [3.8, 4) is 0 Å². The van der Waals surface area contributed by atoms with Gasteiger partial charge in [-0.15, -0.1) is 11.8 Å². The van der Waals surface area contributed by atoms with E-state index in [4.69, 9.17) is 11.6 Å². The van der Waals surface area contributed by atoms with Crippen molar-refractivity contribution in [3.05, 3.63) is 88.9 Å². The van der Waals surface area contributed by atoms with Crippen LogP contribution in [0.25, 0.3) is 0 Å². The van der Waals surface area contributed by atoms with Crippen LogP contribution in [-0.4, -0.2) is 26.0 Å². The summed E-state index contributed by atoms with van der Waals surface area (Å²) in [5.41, 5.74) is 5.40. The number of rotatable bonds is 7. The standard InChI is InChI=1S/C22H20ClN3O4S2/c1-2-31-20-13-6-3-10-17(20)22(28)25-24-21(27)15-8-7-9-16(14-15)32(29,30)26-19-12-5-4-11-18(19)23/h3-14,26H,2H2,1H3,(H,24,27)(H,25,28). The van der Waals surface area contributed by atoms with Gasteiger partial charge < -0.3 is 0 Å². The molecule has 0 aliphatic carbocycles. The molecule has 0 heterocycles. The molecule has 3 aromatic rings. The van der Waals surface area contributed by atoms with Gasteiger partial charge in [0.1, 0.15) is 0 Å².